The molecule has 0 radical (unpaired) electrons. The van der Waals surface area contributed by atoms with Crippen LogP contribution < -0.4 is 10.1 Å². The lowest BCUT2D eigenvalue weighted by Gasteiger charge is -2.31. The van der Waals surface area contributed by atoms with Gasteiger partial charge in [0.15, 0.2) is 11.6 Å². The maximum absolute atomic E-state index is 13.6. The number of likely N-dealkylation sites (N-methyl/N-ethyl adjacent to an activating group) is 1. The molecule has 0 unspecified atom stereocenters. The van der Waals surface area contributed by atoms with Crippen LogP contribution in [0, 0.1) is 12.7 Å². The standard InChI is InChI=1S/C29H29FN8O3S2.2ClH/c1-17-25-23(8-11-31-28(25)41-35-17)42-21-14-22(40-20-6-4-19(30)5-7-20)27(32-15-21)34-29-33-26(36-43-29)18-9-12-38(13-10-18)24(39)16-37(2)3;;/h4-8,11,14-15,18H,9-10,12-13,16H2,1-3H3,(H,32,33,34,36);2*1H. The van der Waals surface area contributed by atoms with Crippen molar-refractivity contribution in [3.05, 3.63) is 66.1 Å². The number of ether oxygens (including phenoxy) is 1. The Balaban J connectivity index is 0.00000230. The molecule has 45 heavy (non-hydrogen) atoms. The molecule has 0 aliphatic carbocycles. The Hall–Kier alpha value is -3.56. The number of hydrogen-bond donors (Lipinski definition) is 1. The van der Waals surface area contributed by atoms with Crippen LogP contribution in [-0.4, -0.2) is 73.9 Å². The van der Waals surface area contributed by atoms with Crippen LogP contribution >= 0.6 is 48.1 Å². The first-order valence-electron chi connectivity index (χ1n) is 13.7. The number of carbonyl (C=O) groups excluding carboxylic acids is 1. The smallest absolute Gasteiger partial charge is 0.259 e. The normalized spacial score (nSPS) is 13.4. The van der Waals surface area contributed by atoms with E-state index in [-0.39, 0.29) is 42.5 Å². The van der Waals surface area contributed by atoms with Gasteiger partial charge in [-0.2, -0.15) is 4.37 Å². The van der Waals surface area contributed by atoms with Gasteiger partial charge in [-0.25, -0.2) is 19.3 Å². The van der Waals surface area contributed by atoms with Gasteiger partial charge < -0.3 is 24.4 Å². The van der Waals surface area contributed by atoms with E-state index in [0.29, 0.717) is 47.8 Å². The maximum Gasteiger partial charge on any atom is 0.259 e. The van der Waals surface area contributed by atoms with Crippen LogP contribution in [0.5, 0.6) is 11.5 Å². The second-order valence-corrected chi connectivity index (χ2v) is 12.3. The Labute approximate surface area is 279 Å². The van der Waals surface area contributed by atoms with Crippen molar-refractivity contribution < 1.29 is 18.4 Å². The summed E-state index contributed by atoms with van der Waals surface area (Å²) in [6.45, 7) is 3.66. The average molecular weight is 694 g/mol. The first kappa shape index (κ1) is 34.3. The molecule has 11 nitrogen and oxygen atoms in total. The van der Waals surface area contributed by atoms with E-state index in [4.69, 9.17) is 14.2 Å². The molecule has 1 fully saturated rings. The van der Waals surface area contributed by atoms with Crippen LogP contribution in [0.15, 0.2) is 63.1 Å². The molecule has 1 aliphatic rings. The summed E-state index contributed by atoms with van der Waals surface area (Å²) in [6.07, 6.45) is 5.04. The topological polar surface area (TPSA) is 122 Å². The molecule has 5 aromatic rings. The monoisotopic (exact) mass is 692 g/mol. The quantitative estimate of drug-likeness (QED) is 0.177. The number of pyridine rings is 2. The zero-order chi connectivity index (χ0) is 29.9. The summed E-state index contributed by atoms with van der Waals surface area (Å²) in [6, 6.07) is 9.56. The van der Waals surface area contributed by atoms with Gasteiger partial charge in [0.05, 0.1) is 17.6 Å². The van der Waals surface area contributed by atoms with E-state index >= 15 is 0 Å². The Bertz CT molecular complexity index is 1750. The van der Waals surface area contributed by atoms with Crippen LogP contribution in [-0.2, 0) is 4.79 Å². The minimum atomic E-state index is -0.354. The van der Waals surface area contributed by atoms with E-state index in [1.807, 2.05) is 43.0 Å². The van der Waals surface area contributed by atoms with Gasteiger partial charge in [0.25, 0.3) is 5.71 Å². The molecule has 0 atom stereocenters. The van der Waals surface area contributed by atoms with Crippen molar-refractivity contribution in [2.45, 2.75) is 35.5 Å². The van der Waals surface area contributed by atoms with Crippen molar-refractivity contribution in [1.82, 2.24) is 34.3 Å². The lowest BCUT2D eigenvalue weighted by atomic mass is 9.96. The fourth-order valence-corrected chi connectivity index (χ4v) is 6.43. The van der Waals surface area contributed by atoms with Gasteiger partial charge in [-0.1, -0.05) is 16.9 Å². The number of fused-ring (bicyclic) bond motifs is 1. The molecular formula is C29H31Cl2FN8O3S2. The van der Waals surface area contributed by atoms with Crippen molar-refractivity contribution in [2.24, 2.45) is 0 Å². The van der Waals surface area contributed by atoms with E-state index in [9.17, 15) is 9.18 Å². The second-order valence-electron chi connectivity index (χ2n) is 10.4. The summed E-state index contributed by atoms with van der Waals surface area (Å²) in [5.74, 6) is 2.07. The van der Waals surface area contributed by atoms with Gasteiger partial charge in [0, 0.05) is 58.8 Å². The zero-order valence-electron chi connectivity index (χ0n) is 24.6. The summed E-state index contributed by atoms with van der Waals surface area (Å²) < 4.78 is 29.6. The number of rotatable bonds is 9. The highest BCUT2D eigenvalue weighted by Crippen LogP contribution is 2.39. The number of carbonyl (C=O) groups is 1. The highest BCUT2D eigenvalue weighted by Gasteiger charge is 2.27. The van der Waals surface area contributed by atoms with Crippen LogP contribution in [0.3, 0.4) is 0 Å². The molecule has 0 bridgehead atoms. The first-order valence-corrected chi connectivity index (χ1v) is 15.3. The summed E-state index contributed by atoms with van der Waals surface area (Å²) in [7, 11) is 3.79. The van der Waals surface area contributed by atoms with Gasteiger partial charge in [-0.3, -0.25) is 4.79 Å². The number of nitrogens with zero attached hydrogens (tertiary/aromatic N) is 7. The molecule has 0 spiro atoms. The number of halogens is 3. The SMILES string of the molecule is Cc1noc2nccc(Sc3cnc(Nc4nc(C5CCN(C(=O)CN(C)C)CC5)ns4)c(Oc4ccc(F)cc4)c3)c12.Cl.Cl. The first-order chi connectivity index (χ1) is 20.8. The summed E-state index contributed by atoms with van der Waals surface area (Å²) in [5.41, 5.74) is 1.21. The van der Waals surface area contributed by atoms with Crippen LogP contribution in [0.4, 0.5) is 15.3 Å². The number of nitrogens with one attached hydrogen (secondary N) is 1. The third-order valence-corrected chi connectivity index (χ3v) is 8.60. The Morgan fingerprint density at radius 2 is 1.93 bits per heavy atom. The van der Waals surface area contributed by atoms with Gasteiger partial charge in [-0.05, 0) is 64.2 Å². The summed E-state index contributed by atoms with van der Waals surface area (Å²) in [5, 5.41) is 8.71. The molecule has 1 N–H and O–H groups in total. The average Bonchev–Trinajstić information content (AvgIpc) is 3.62. The van der Waals surface area contributed by atoms with Gasteiger partial charge >= 0.3 is 0 Å². The predicted molar refractivity (Wildman–Crippen MR) is 176 cm³/mol. The minimum Gasteiger partial charge on any atom is -0.453 e. The Morgan fingerprint density at radius 1 is 1.18 bits per heavy atom. The van der Waals surface area contributed by atoms with Crippen molar-refractivity contribution in [3.63, 3.8) is 0 Å². The molecule has 1 aromatic carbocycles. The van der Waals surface area contributed by atoms with Gasteiger partial charge in [0.2, 0.25) is 11.0 Å². The van der Waals surface area contributed by atoms with Gasteiger partial charge in [-0.15, -0.1) is 24.8 Å². The number of likely N-dealkylation sites (tertiary alicyclic amines) is 1. The fraction of sp³-hybridized carbons (Fsp3) is 0.310. The zero-order valence-corrected chi connectivity index (χ0v) is 27.9. The predicted octanol–water partition coefficient (Wildman–Crippen LogP) is 6.72. The van der Waals surface area contributed by atoms with Crippen molar-refractivity contribution >= 4 is 76.1 Å². The molecule has 1 aliphatic heterocycles. The van der Waals surface area contributed by atoms with Crippen molar-refractivity contribution in [2.75, 3.05) is 39.0 Å². The molecule has 16 heteroatoms. The second kappa shape index (κ2) is 15.1. The fourth-order valence-electron chi connectivity index (χ4n) is 4.79. The lowest BCUT2D eigenvalue weighted by molar-refractivity contribution is -0.132. The summed E-state index contributed by atoms with van der Waals surface area (Å²) >= 11 is 2.73. The van der Waals surface area contributed by atoms with Gasteiger partial charge in [0.1, 0.15) is 17.4 Å². The third-order valence-electron chi connectivity index (χ3n) is 6.94. The molecule has 6 rings (SSSR count). The number of aromatic nitrogens is 5. The largest absolute Gasteiger partial charge is 0.453 e. The maximum atomic E-state index is 13.6. The molecular weight excluding hydrogens is 662 g/mol. The molecule has 5 heterocycles. The molecule has 238 valence electrons. The lowest BCUT2D eigenvalue weighted by Crippen LogP contribution is -2.42. The van der Waals surface area contributed by atoms with E-state index in [2.05, 4.69) is 24.8 Å². The Morgan fingerprint density at radius 3 is 2.67 bits per heavy atom. The third kappa shape index (κ3) is 8.19. The highest BCUT2D eigenvalue weighted by molar-refractivity contribution is 7.99. The van der Waals surface area contributed by atoms with Crippen LogP contribution in [0.1, 0.15) is 30.3 Å². The molecule has 1 amide bonds. The highest BCUT2D eigenvalue weighted by atomic mass is 35.5. The van der Waals surface area contributed by atoms with Crippen LogP contribution in [0.2, 0.25) is 0 Å². The molecule has 0 saturated carbocycles. The number of aryl methyl sites for hydroxylation is 1. The summed E-state index contributed by atoms with van der Waals surface area (Å²) in [4.78, 5) is 31.6. The van der Waals surface area contributed by atoms with Crippen molar-refractivity contribution in [3.8, 4) is 11.5 Å². The molecule has 4 aromatic heterocycles. The Kier molecular flexibility index (Phi) is 11.6. The number of piperidine rings is 1. The van der Waals surface area contributed by atoms with E-state index in [1.165, 1.54) is 35.4 Å². The van der Waals surface area contributed by atoms with E-state index in [1.54, 1.807) is 24.5 Å². The minimum absolute atomic E-state index is 0. The number of benzene rings is 1. The van der Waals surface area contributed by atoms with E-state index < -0.39 is 0 Å². The molecule has 1 saturated heterocycles. The van der Waals surface area contributed by atoms with Crippen LogP contribution in [0.25, 0.3) is 11.1 Å². The number of amides is 1. The number of hydrogen-bond acceptors (Lipinski definition) is 12. The number of anilines is 2. The van der Waals surface area contributed by atoms with E-state index in [0.717, 1.165) is 39.5 Å². The van der Waals surface area contributed by atoms with Crippen molar-refractivity contribution in [1.29, 1.82) is 0 Å².